The molecule has 0 N–H and O–H groups in total. The lowest BCUT2D eigenvalue weighted by Gasteiger charge is -2.45. The number of amides is 1. The van der Waals surface area contributed by atoms with Gasteiger partial charge in [0, 0.05) is 44.5 Å². The van der Waals surface area contributed by atoms with Gasteiger partial charge in [-0.15, -0.1) is 0 Å². The Morgan fingerprint density at radius 3 is 2.54 bits per heavy atom. The summed E-state index contributed by atoms with van der Waals surface area (Å²) >= 11 is 0. The molecule has 28 heavy (non-hydrogen) atoms. The second-order valence-electron chi connectivity index (χ2n) is 7.77. The van der Waals surface area contributed by atoms with Gasteiger partial charge in [0.1, 0.15) is 5.60 Å². The molecule has 156 valence electrons. The Hall–Kier alpha value is -2.35. The number of aromatic nitrogens is 1. The maximum Gasteiger partial charge on any atom is 0.410 e. The molecular formula is C20H31N3O5. The number of carbonyl (C=O) groups is 2. The van der Waals surface area contributed by atoms with Gasteiger partial charge in [0.25, 0.3) is 0 Å². The first kappa shape index (κ1) is 21.9. The average Bonchev–Trinajstić information content (AvgIpc) is 2.57. The Balaban J connectivity index is 1.96. The van der Waals surface area contributed by atoms with Crippen LogP contribution in [0.1, 0.15) is 39.7 Å². The fourth-order valence-corrected chi connectivity index (χ4v) is 2.88. The van der Waals surface area contributed by atoms with Crippen molar-refractivity contribution in [1.29, 1.82) is 0 Å². The predicted molar refractivity (Wildman–Crippen MR) is 104 cm³/mol. The highest BCUT2D eigenvalue weighted by Crippen LogP contribution is 2.21. The van der Waals surface area contributed by atoms with E-state index in [-0.39, 0.29) is 18.1 Å². The lowest BCUT2D eigenvalue weighted by Crippen LogP contribution is -2.61. The molecule has 1 aliphatic heterocycles. The van der Waals surface area contributed by atoms with Gasteiger partial charge in [-0.05, 0) is 33.3 Å². The molecule has 1 amide bonds. The summed E-state index contributed by atoms with van der Waals surface area (Å²) in [6.07, 6.45) is 1.76. The first-order chi connectivity index (χ1) is 13.2. The van der Waals surface area contributed by atoms with Crippen LogP contribution >= 0.6 is 0 Å². The highest BCUT2D eigenvalue weighted by atomic mass is 16.6. The summed E-state index contributed by atoms with van der Waals surface area (Å²) in [6, 6.07) is 3.92. The normalized spacial score (nSPS) is 14.6. The van der Waals surface area contributed by atoms with E-state index >= 15 is 0 Å². The smallest absolute Gasteiger partial charge is 0.410 e. The molecule has 0 atom stereocenters. The second kappa shape index (κ2) is 9.73. The van der Waals surface area contributed by atoms with Crippen LogP contribution in [-0.2, 0) is 20.8 Å². The molecule has 8 heteroatoms. The maximum absolute atomic E-state index is 12.2. The van der Waals surface area contributed by atoms with Gasteiger partial charge in [-0.2, -0.15) is 0 Å². The Morgan fingerprint density at radius 1 is 1.29 bits per heavy atom. The van der Waals surface area contributed by atoms with Crippen LogP contribution in [0, 0.1) is 0 Å². The summed E-state index contributed by atoms with van der Waals surface area (Å²) in [5, 5.41) is 0. The van der Waals surface area contributed by atoms with Gasteiger partial charge in [-0.3, -0.25) is 9.69 Å². The molecule has 1 saturated heterocycles. The summed E-state index contributed by atoms with van der Waals surface area (Å²) in [5.74, 6) is 0.338. The van der Waals surface area contributed by atoms with Crippen molar-refractivity contribution >= 4 is 12.1 Å². The molecule has 0 spiro atoms. The number of methoxy groups -OCH3 is 1. The van der Waals surface area contributed by atoms with E-state index in [0.717, 1.165) is 5.56 Å². The van der Waals surface area contributed by atoms with Crippen LogP contribution in [0.15, 0.2) is 18.3 Å². The third kappa shape index (κ3) is 6.67. The minimum atomic E-state index is -0.513. The predicted octanol–water partition coefficient (Wildman–Crippen LogP) is 2.46. The molecule has 0 saturated carbocycles. The average molecular weight is 393 g/mol. The van der Waals surface area contributed by atoms with Gasteiger partial charge < -0.3 is 19.1 Å². The number of pyridine rings is 1. The fraction of sp³-hybridized carbons (Fsp3) is 0.650. The summed E-state index contributed by atoms with van der Waals surface area (Å²) in [7, 11) is 1.58. The zero-order chi connectivity index (χ0) is 20.7. The molecule has 1 aromatic heterocycles. The van der Waals surface area contributed by atoms with E-state index in [9.17, 15) is 9.59 Å². The molecule has 2 heterocycles. The zero-order valence-electron chi connectivity index (χ0n) is 17.4. The van der Waals surface area contributed by atoms with Crippen molar-refractivity contribution in [2.75, 3.05) is 33.4 Å². The molecular weight excluding hydrogens is 362 g/mol. The molecule has 8 nitrogen and oxygen atoms in total. The summed E-state index contributed by atoms with van der Waals surface area (Å²) in [5.41, 5.74) is 0.501. The molecule has 1 aliphatic rings. The lowest BCUT2D eigenvalue weighted by molar-refractivity contribution is -0.143. The van der Waals surface area contributed by atoms with Crippen molar-refractivity contribution < 1.29 is 23.8 Å². The third-order valence-corrected chi connectivity index (χ3v) is 4.33. The van der Waals surface area contributed by atoms with Crippen LogP contribution in [0.4, 0.5) is 4.79 Å². The van der Waals surface area contributed by atoms with Crippen molar-refractivity contribution in [1.82, 2.24) is 14.8 Å². The molecule has 1 fully saturated rings. The van der Waals surface area contributed by atoms with Crippen molar-refractivity contribution in [3.8, 4) is 5.88 Å². The molecule has 0 aliphatic carbocycles. The molecule has 1 aromatic rings. The van der Waals surface area contributed by atoms with E-state index in [1.165, 1.54) is 0 Å². The quantitative estimate of drug-likeness (QED) is 0.628. The molecule has 2 rings (SSSR count). The topological polar surface area (TPSA) is 81.2 Å². The van der Waals surface area contributed by atoms with E-state index in [1.54, 1.807) is 25.1 Å². The number of nitrogens with zero attached hydrogens (tertiary/aromatic N) is 3. The van der Waals surface area contributed by atoms with E-state index in [1.807, 2.05) is 32.9 Å². The van der Waals surface area contributed by atoms with Gasteiger partial charge in [-0.25, -0.2) is 9.78 Å². The van der Waals surface area contributed by atoms with Gasteiger partial charge in [-0.1, -0.05) is 6.07 Å². The lowest BCUT2D eigenvalue weighted by atomic mass is 10.1. The molecule has 0 aromatic carbocycles. The van der Waals surface area contributed by atoms with Crippen LogP contribution in [0.5, 0.6) is 5.88 Å². The number of carbonyl (C=O) groups excluding carboxylic acids is 2. The van der Waals surface area contributed by atoms with Crippen LogP contribution in [0.2, 0.25) is 0 Å². The van der Waals surface area contributed by atoms with Crippen LogP contribution in [-0.4, -0.2) is 71.8 Å². The van der Waals surface area contributed by atoms with Crippen molar-refractivity contribution in [2.45, 2.75) is 52.3 Å². The van der Waals surface area contributed by atoms with Crippen molar-refractivity contribution in [3.63, 3.8) is 0 Å². The van der Waals surface area contributed by atoms with E-state index < -0.39 is 5.60 Å². The SMILES string of the molecule is CCOC(=O)CCN(Cc1ccc(OC)nc1)C1CN(C(=O)OC(C)(C)C)C1. The van der Waals surface area contributed by atoms with Gasteiger partial charge in [0.15, 0.2) is 0 Å². The molecule has 0 radical (unpaired) electrons. The number of hydrogen-bond donors (Lipinski definition) is 0. The Bertz CT molecular complexity index is 651. The summed E-state index contributed by atoms with van der Waals surface area (Å²) < 4.78 is 15.5. The van der Waals surface area contributed by atoms with Crippen molar-refractivity contribution in [2.24, 2.45) is 0 Å². The largest absolute Gasteiger partial charge is 0.481 e. The summed E-state index contributed by atoms with van der Waals surface area (Å²) in [4.78, 5) is 32.1. The number of esters is 1. The number of ether oxygens (including phenoxy) is 3. The molecule has 0 bridgehead atoms. The Morgan fingerprint density at radius 2 is 2.00 bits per heavy atom. The third-order valence-electron chi connectivity index (χ3n) is 4.33. The fourth-order valence-electron chi connectivity index (χ4n) is 2.88. The maximum atomic E-state index is 12.2. The van der Waals surface area contributed by atoms with Crippen LogP contribution < -0.4 is 4.74 Å². The van der Waals surface area contributed by atoms with Crippen molar-refractivity contribution in [3.05, 3.63) is 23.9 Å². The zero-order valence-corrected chi connectivity index (χ0v) is 17.4. The minimum Gasteiger partial charge on any atom is -0.481 e. The van der Waals surface area contributed by atoms with Gasteiger partial charge in [0.05, 0.1) is 20.1 Å². The van der Waals surface area contributed by atoms with Crippen LogP contribution in [0.25, 0.3) is 0 Å². The summed E-state index contributed by atoms with van der Waals surface area (Å²) in [6.45, 7) is 10.0. The molecule has 0 unspecified atom stereocenters. The van der Waals surface area contributed by atoms with Crippen LogP contribution in [0.3, 0.4) is 0 Å². The number of rotatable bonds is 8. The first-order valence-corrected chi connectivity index (χ1v) is 9.58. The Labute approximate surface area is 166 Å². The van der Waals surface area contributed by atoms with Gasteiger partial charge in [0.2, 0.25) is 5.88 Å². The first-order valence-electron chi connectivity index (χ1n) is 9.58. The highest BCUT2D eigenvalue weighted by molar-refractivity contribution is 5.70. The minimum absolute atomic E-state index is 0.157. The number of likely N-dealkylation sites (tertiary alicyclic amines) is 1. The number of hydrogen-bond acceptors (Lipinski definition) is 7. The van der Waals surface area contributed by atoms with Gasteiger partial charge >= 0.3 is 12.1 Å². The van der Waals surface area contributed by atoms with E-state index in [4.69, 9.17) is 14.2 Å². The Kier molecular flexibility index (Phi) is 7.62. The standard InChI is InChI=1S/C20H31N3O5/c1-6-27-18(24)9-10-22(12-15-7-8-17(26-5)21-11-15)16-13-23(14-16)19(25)28-20(2,3)4/h7-8,11,16H,6,9-10,12-14H2,1-5H3. The monoisotopic (exact) mass is 393 g/mol. The second-order valence-corrected chi connectivity index (χ2v) is 7.77. The highest BCUT2D eigenvalue weighted by Gasteiger charge is 2.37. The van der Waals surface area contributed by atoms with E-state index in [0.29, 0.717) is 45.1 Å². The van der Waals surface area contributed by atoms with E-state index in [2.05, 4.69) is 9.88 Å².